The Morgan fingerprint density at radius 2 is 1.06 bits per heavy atom. The van der Waals surface area contributed by atoms with Gasteiger partial charge < -0.3 is 24.1 Å². The van der Waals surface area contributed by atoms with Crippen molar-refractivity contribution >= 4 is 0 Å². The lowest BCUT2D eigenvalue weighted by Gasteiger charge is -2.24. The van der Waals surface area contributed by atoms with Crippen LogP contribution in [0, 0.1) is 0 Å². The Kier molecular flexibility index (Phi) is 7.82. The lowest BCUT2D eigenvalue weighted by atomic mass is 10.1. The van der Waals surface area contributed by atoms with Gasteiger partial charge in [0.05, 0.1) is 26.4 Å². The quantitative estimate of drug-likeness (QED) is 0.535. The van der Waals surface area contributed by atoms with Crippen LogP contribution in [0.15, 0.2) is 91.0 Å². The van der Waals surface area contributed by atoms with E-state index in [-0.39, 0.29) is 0 Å². The SMILES string of the molecule is OC1OC(COCc2ccccc2)C(OCc2ccccc2)C1OCc1ccccc1. The molecule has 0 amide bonds. The molecule has 0 spiro atoms. The second-order valence-electron chi connectivity index (χ2n) is 7.59. The summed E-state index contributed by atoms with van der Waals surface area (Å²) in [4.78, 5) is 0. The monoisotopic (exact) mass is 420 g/mol. The Labute approximate surface area is 183 Å². The molecule has 0 saturated carbocycles. The largest absolute Gasteiger partial charge is 0.374 e. The van der Waals surface area contributed by atoms with E-state index in [0.29, 0.717) is 26.4 Å². The Balaban J connectivity index is 1.39. The van der Waals surface area contributed by atoms with E-state index < -0.39 is 24.6 Å². The van der Waals surface area contributed by atoms with Crippen molar-refractivity contribution in [3.8, 4) is 0 Å². The van der Waals surface area contributed by atoms with Gasteiger partial charge in [0.2, 0.25) is 0 Å². The highest BCUT2D eigenvalue weighted by Gasteiger charge is 2.45. The summed E-state index contributed by atoms with van der Waals surface area (Å²) in [6, 6.07) is 29.8. The van der Waals surface area contributed by atoms with Gasteiger partial charge in [-0.1, -0.05) is 91.0 Å². The molecule has 162 valence electrons. The molecule has 1 aliphatic rings. The molecule has 5 heteroatoms. The summed E-state index contributed by atoms with van der Waals surface area (Å²) in [5.74, 6) is 0. The first-order valence-electron chi connectivity index (χ1n) is 10.6. The highest BCUT2D eigenvalue weighted by molar-refractivity contribution is 5.15. The molecule has 0 bridgehead atoms. The first-order valence-corrected chi connectivity index (χ1v) is 10.6. The van der Waals surface area contributed by atoms with Crippen LogP contribution in [0.3, 0.4) is 0 Å². The van der Waals surface area contributed by atoms with E-state index in [0.717, 1.165) is 16.7 Å². The average Bonchev–Trinajstić information content (AvgIpc) is 3.12. The lowest BCUT2D eigenvalue weighted by Crippen LogP contribution is -2.39. The molecule has 1 heterocycles. The maximum absolute atomic E-state index is 10.5. The summed E-state index contributed by atoms with van der Waals surface area (Å²) in [6.45, 7) is 1.55. The topological polar surface area (TPSA) is 57.2 Å². The molecule has 0 aliphatic carbocycles. The Morgan fingerprint density at radius 3 is 1.58 bits per heavy atom. The second kappa shape index (κ2) is 11.2. The molecule has 5 nitrogen and oxygen atoms in total. The predicted molar refractivity (Wildman–Crippen MR) is 117 cm³/mol. The number of aliphatic hydroxyl groups excluding tert-OH is 1. The van der Waals surface area contributed by atoms with Crippen LogP contribution in [-0.4, -0.2) is 36.3 Å². The van der Waals surface area contributed by atoms with E-state index in [9.17, 15) is 5.11 Å². The molecule has 1 fully saturated rings. The third-order valence-electron chi connectivity index (χ3n) is 5.25. The summed E-state index contributed by atoms with van der Waals surface area (Å²) in [5, 5.41) is 10.5. The van der Waals surface area contributed by atoms with Gasteiger partial charge in [-0.15, -0.1) is 0 Å². The molecule has 4 atom stereocenters. The minimum Gasteiger partial charge on any atom is -0.374 e. The first kappa shape index (κ1) is 21.7. The van der Waals surface area contributed by atoms with Gasteiger partial charge in [-0.25, -0.2) is 0 Å². The number of aliphatic hydroxyl groups is 1. The van der Waals surface area contributed by atoms with Gasteiger partial charge in [-0.3, -0.25) is 0 Å². The molecule has 3 aromatic rings. The van der Waals surface area contributed by atoms with Crippen molar-refractivity contribution in [2.45, 2.75) is 44.4 Å². The van der Waals surface area contributed by atoms with Crippen LogP contribution in [0.5, 0.6) is 0 Å². The number of rotatable bonds is 10. The van der Waals surface area contributed by atoms with Gasteiger partial charge in [0.15, 0.2) is 6.29 Å². The first-order chi connectivity index (χ1) is 15.3. The molecule has 4 unspecified atom stereocenters. The number of hydrogen-bond acceptors (Lipinski definition) is 5. The van der Waals surface area contributed by atoms with E-state index in [1.165, 1.54) is 0 Å². The van der Waals surface area contributed by atoms with Crippen molar-refractivity contribution in [1.29, 1.82) is 0 Å². The van der Waals surface area contributed by atoms with E-state index in [2.05, 4.69) is 0 Å². The third-order valence-corrected chi connectivity index (χ3v) is 5.25. The molecule has 1 aliphatic heterocycles. The summed E-state index contributed by atoms with van der Waals surface area (Å²) < 4.78 is 23.9. The zero-order chi connectivity index (χ0) is 21.3. The molecule has 0 radical (unpaired) electrons. The summed E-state index contributed by atoms with van der Waals surface area (Å²) in [7, 11) is 0. The standard InChI is InChI=1S/C26H28O5/c27-26-25(30-18-22-14-8-3-9-15-22)24(29-17-21-12-6-2-7-13-21)23(31-26)19-28-16-20-10-4-1-5-11-20/h1-15,23-27H,16-19H2. The van der Waals surface area contributed by atoms with E-state index in [1.807, 2.05) is 91.0 Å². The van der Waals surface area contributed by atoms with Crippen LogP contribution >= 0.6 is 0 Å². The van der Waals surface area contributed by atoms with Gasteiger partial charge in [-0.05, 0) is 16.7 Å². The molecule has 4 rings (SSSR count). The molecule has 0 aromatic heterocycles. The fourth-order valence-electron chi connectivity index (χ4n) is 3.62. The molecule has 3 aromatic carbocycles. The summed E-state index contributed by atoms with van der Waals surface area (Å²) >= 11 is 0. The molecule has 31 heavy (non-hydrogen) atoms. The average molecular weight is 421 g/mol. The van der Waals surface area contributed by atoms with Crippen molar-refractivity contribution in [2.75, 3.05) is 6.61 Å². The molecule has 1 N–H and O–H groups in total. The van der Waals surface area contributed by atoms with Crippen molar-refractivity contribution in [3.05, 3.63) is 108 Å². The Hall–Kier alpha value is -2.54. The summed E-state index contributed by atoms with van der Waals surface area (Å²) in [5.41, 5.74) is 3.16. The van der Waals surface area contributed by atoms with Crippen LogP contribution in [-0.2, 0) is 38.8 Å². The van der Waals surface area contributed by atoms with Crippen LogP contribution < -0.4 is 0 Å². The smallest absolute Gasteiger partial charge is 0.184 e. The van der Waals surface area contributed by atoms with Gasteiger partial charge in [-0.2, -0.15) is 0 Å². The Morgan fingerprint density at radius 1 is 0.613 bits per heavy atom. The lowest BCUT2D eigenvalue weighted by molar-refractivity contribution is -0.153. The van der Waals surface area contributed by atoms with Gasteiger partial charge in [0.25, 0.3) is 0 Å². The number of benzene rings is 3. The second-order valence-corrected chi connectivity index (χ2v) is 7.59. The number of ether oxygens (including phenoxy) is 4. The maximum Gasteiger partial charge on any atom is 0.184 e. The Bertz CT molecular complexity index is 887. The maximum atomic E-state index is 10.5. The fourth-order valence-corrected chi connectivity index (χ4v) is 3.62. The molecular formula is C26H28O5. The fraction of sp³-hybridized carbons (Fsp3) is 0.308. The van der Waals surface area contributed by atoms with E-state index in [4.69, 9.17) is 18.9 Å². The van der Waals surface area contributed by atoms with Crippen LogP contribution in [0.2, 0.25) is 0 Å². The minimum absolute atomic E-state index is 0.302. The minimum atomic E-state index is -1.07. The molecular weight excluding hydrogens is 392 g/mol. The van der Waals surface area contributed by atoms with Crippen molar-refractivity contribution in [3.63, 3.8) is 0 Å². The van der Waals surface area contributed by atoms with Crippen molar-refractivity contribution in [1.82, 2.24) is 0 Å². The molecule has 1 saturated heterocycles. The van der Waals surface area contributed by atoms with Crippen molar-refractivity contribution < 1.29 is 24.1 Å². The van der Waals surface area contributed by atoms with Gasteiger partial charge >= 0.3 is 0 Å². The highest BCUT2D eigenvalue weighted by Crippen LogP contribution is 2.28. The van der Waals surface area contributed by atoms with E-state index in [1.54, 1.807) is 0 Å². The van der Waals surface area contributed by atoms with Crippen LogP contribution in [0.4, 0.5) is 0 Å². The van der Waals surface area contributed by atoms with Gasteiger partial charge in [0, 0.05) is 0 Å². The highest BCUT2D eigenvalue weighted by atomic mass is 16.7. The van der Waals surface area contributed by atoms with Crippen LogP contribution in [0.1, 0.15) is 16.7 Å². The zero-order valence-electron chi connectivity index (χ0n) is 17.4. The third kappa shape index (κ3) is 6.23. The van der Waals surface area contributed by atoms with Crippen LogP contribution in [0.25, 0.3) is 0 Å². The number of hydrogen-bond donors (Lipinski definition) is 1. The van der Waals surface area contributed by atoms with Crippen molar-refractivity contribution in [2.24, 2.45) is 0 Å². The predicted octanol–water partition coefficient (Wildman–Crippen LogP) is 4.09. The van der Waals surface area contributed by atoms with Gasteiger partial charge in [0.1, 0.15) is 18.3 Å². The van der Waals surface area contributed by atoms with E-state index >= 15 is 0 Å². The summed E-state index contributed by atoms with van der Waals surface area (Å²) in [6.07, 6.45) is -2.55. The normalized spacial score (nSPS) is 23.1. The zero-order valence-corrected chi connectivity index (χ0v) is 17.4.